The summed E-state index contributed by atoms with van der Waals surface area (Å²) >= 11 is 0. The zero-order chi connectivity index (χ0) is 17.0. The molecule has 1 aromatic carbocycles. The van der Waals surface area contributed by atoms with Gasteiger partial charge in [0.25, 0.3) is 5.69 Å². The van der Waals surface area contributed by atoms with E-state index in [1.807, 2.05) is 0 Å². The maximum Gasteiger partial charge on any atom is 0.354 e. The van der Waals surface area contributed by atoms with Gasteiger partial charge in [-0.2, -0.15) is 0 Å². The topological polar surface area (TPSA) is 112 Å². The number of ether oxygens (including phenoxy) is 2. The summed E-state index contributed by atoms with van der Waals surface area (Å²) in [5, 5.41) is 10.9. The minimum absolute atomic E-state index is 0.0528. The molecule has 0 aliphatic rings. The van der Waals surface area contributed by atoms with Gasteiger partial charge in [0.15, 0.2) is 0 Å². The van der Waals surface area contributed by atoms with Crippen LogP contribution in [0.4, 0.5) is 5.69 Å². The molecule has 0 saturated carbocycles. The van der Waals surface area contributed by atoms with Crippen molar-refractivity contribution >= 4 is 17.6 Å². The van der Waals surface area contributed by atoms with Crippen LogP contribution >= 0.6 is 0 Å². The second kappa shape index (κ2) is 6.73. The number of carbonyl (C=O) groups is 2. The van der Waals surface area contributed by atoms with Gasteiger partial charge in [-0.15, -0.1) is 0 Å². The Bertz CT molecular complexity index is 765. The molecule has 23 heavy (non-hydrogen) atoms. The number of non-ortho nitro benzene ring substituents is 1. The van der Waals surface area contributed by atoms with Crippen molar-refractivity contribution in [1.29, 1.82) is 0 Å². The third-order valence-electron chi connectivity index (χ3n) is 3.06. The van der Waals surface area contributed by atoms with Crippen LogP contribution in [0.2, 0.25) is 0 Å². The Hall–Kier alpha value is -3.16. The molecule has 8 heteroatoms. The number of nitro benzene ring substituents is 1. The fourth-order valence-corrected chi connectivity index (χ4v) is 2.05. The molecule has 0 aliphatic heterocycles. The summed E-state index contributed by atoms with van der Waals surface area (Å²) in [7, 11) is 1.21. The van der Waals surface area contributed by atoms with Gasteiger partial charge >= 0.3 is 11.9 Å². The van der Waals surface area contributed by atoms with Gasteiger partial charge in [-0.3, -0.25) is 10.1 Å². The Kier molecular flexibility index (Phi) is 4.75. The summed E-state index contributed by atoms with van der Waals surface area (Å²) in [6.07, 6.45) is 0. The first-order valence-corrected chi connectivity index (χ1v) is 6.71. The molecule has 0 saturated heterocycles. The van der Waals surface area contributed by atoms with E-state index >= 15 is 0 Å². The highest BCUT2D eigenvalue weighted by Gasteiger charge is 2.22. The third-order valence-corrected chi connectivity index (χ3v) is 3.06. The van der Waals surface area contributed by atoms with E-state index < -0.39 is 16.9 Å². The summed E-state index contributed by atoms with van der Waals surface area (Å²) in [5.74, 6) is -1.30. The number of hydrogen-bond donors (Lipinski definition) is 1. The number of rotatable bonds is 5. The number of carbonyl (C=O) groups excluding carboxylic acids is 2. The Morgan fingerprint density at radius 2 is 2.00 bits per heavy atom. The normalized spacial score (nSPS) is 10.2. The molecular weight excluding hydrogens is 304 g/mol. The lowest BCUT2D eigenvalue weighted by atomic mass is 10.1. The van der Waals surface area contributed by atoms with Crippen LogP contribution in [0.1, 0.15) is 27.8 Å². The summed E-state index contributed by atoms with van der Waals surface area (Å²) in [5.41, 5.74) is 0.668. The van der Waals surface area contributed by atoms with Crippen molar-refractivity contribution in [2.24, 2.45) is 0 Å². The van der Waals surface area contributed by atoms with Crippen LogP contribution in [-0.4, -0.2) is 35.6 Å². The van der Waals surface area contributed by atoms with Crippen LogP contribution in [0.3, 0.4) is 0 Å². The molecule has 1 N–H and O–H groups in total. The van der Waals surface area contributed by atoms with Gasteiger partial charge in [0, 0.05) is 17.7 Å². The van der Waals surface area contributed by atoms with E-state index in [1.165, 1.54) is 31.4 Å². The highest BCUT2D eigenvalue weighted by atomic mass is 16.6. The van der Waals surface area contributed by atoms with Gasteiger partial charge < -0.3 is 14.5 Å². The maximum absolute atomic E-state index is 12.1. The van der Waals surface area contributed by atoms with Crippen molar-refractivity contribution < 1.29 is 24.0 Å². The largest absolute Gasteiger partial charge is 0.464 e. The average Bonchev–Trinajstić information content (AvgIpc) is 3.00. The summed E-state index contributed by atoms with van der Waals surface area (Å²) in [6.45, 7) is 1.81. The minimum Gasteiger partial charge on any atom is -0.464 e. The van der Waals surface area contributed by atoms with E-state index in [2.05, 4.69) is 9.72 Å². The number of esters is 2. The van der Waals surface area contributed by atoms with E-state index in [1.54, 1.807) is 13.0 Å². The van der Waals surface area contributed by atoms with E-state index in [0.29, 0.717) is 5.56 Å². The highest BCUT2D eigenvalue weighted by Crippen LogP contribution is 2.28. The predicted molar refractivity (Wildman–Crippen MR) is 80.2 cm³/mol. The van der Waals surface area contributed by atoms with Crippen LogP contribution in [0.5, 0.6) is 0 Å². The van der Waals surface area contributed by atoms with E-state index in [-0.39, 0.29) is 29.2 Å². The number of aromatic nitrogens is 1. The number of H-pyrrole nitrogens is 1. The monoisotopic (exact) mass is 318 g/mol. The molecular formula is C15H14N2O6. The van der Waals surface area contributed by atoms with Crippen molar-refractivity contribution in [2.45, 2.75) is 6.92 Å². The van der Waals surface area contributed by atoms with Crippen molar-refractivity contribution in [2.75, 3.05) is 13.7 Å². The maximum atomic E-state index is 12.1. The zero-order valence-electron chi connectivity index (χ0n) is 12.5. The molecule has 2 aromatic rings. The second-order valence-corrected chi connectivity index (χ2v) is 4.49. The highest BCUT2D eigenvalue weighted by molar-refractivity contribution is 6.00. The number of methoxy groups -OCH3 is 1. The van der Waals surface area contributed by atoms with Crippen LogP contribution in [0, 0.1) is 10.1 Å². The van der Waals surface area contributed by atoms with Gasteiger partial charge in [0.05, 0.1) is 29.9 Å². The minimum atomic E-state index is -0.660. The Balaban J connectivity index is 2.57. The van der Waals surface area contributed by atoms with Gasteiger partial charge in [-0.05, 0) is 13.0 Å². The fraction of sp³-hybridized carbons (Fsp3) is 0.200. The second-order valence-electron chi connectivity index (χ2n) is 4.49. The first kappa shape index (κ1) is 16.2. The molecule has 2 rings (SSSR count). The smallest absolute Gasteiger partial charge is 0.354 e. The molecule has 0 spiro atoms. The lowest BCUT2D eigenvalue weighted by Gasteiger charge is -2.04. The standard InChI is InChI=1S/C15H14N2O6/c1-3-23-14(18)11-8-12(15(19)22-2)16-13(11)9-5-4-6-10(7-9)17(20)21/h4-8,16H,3H2,1-2H3. The Morgan fingerprint density at radius 1 is 1.26 bits per heavy atom. The number of hydrogen-bond acceptors (Lipinski definition) is 6. The Labute approximate surface area is 131 Å². The SMILES string of the molecule is CCOC(=O)c1cc(C(=O)OC)[nH]c1-c1cccc([N+](=O)[O-])c1. The van der Waals surface area contributed by atoms with Crippen molar-refractivity contribution in [3.8, 4) is 11.3 Å². The molecule has 0 amide bonds. The lowest BCUT2D eigenvalue weighted by Crippen LogP contribution is -2.05. The summed E-state index contributed by atoms with van der Waals surface area (Å²) in [4.78, 5) is 36.8. The third kappa shape index (κ3) is 3.37. The summed E-state index contributed by atoms with van der Waals surface area (Å²) < 4.78 is 9.56. The van der Waals surface area contributed by atoms with Crippen LogP contribution < -0.4 is 0 Å². The Morgan fingerprint density at radius 3 is 2.61 bits per heavy atom. The van der Waals surface area contributed by atoms with Crippen molar-refractivity contribution in [3.05, 3.63) is 51.7 Å². The van der Waals surface area contributed by atoms with Crippen molar-refractivity contribution in [3.63, 3.8) is 0 Å². The number of aromatic amines is 1. The molecule has 0 atom stereocenters. The molecule has 8 nitrogen and oxygen atoms in total. The lowest BCUT2D eigenvalue weighted by molar-refractivity contribution is -0.384. The number of benzene rings is 1. The predicted octanol–water partition coefficient (Wildman–Crippen LogP) is 2.55. The van der Waals surface area contributed by atoms with E-state index in [9.17, 15) is 19.7 Å². The first-order chi connectivity index (χ1) is 11.0. The van der Waals surface area contributed by atoms with Gasteiger partial charge in [0.1, 0.15) is 5.69 Å². The van der Waals surface area contributed by atoms with E-state index in [4.69, 9.17) is 4.74 Å². The molecule has 1 aromatic heterocycles. The summed E-state index contributed by atoms with van der Waals surface area (Å²) in [6, 6.07) is 7.01. The van der Waals surface area contributed by atoms with Crippen molar-refractivity contribution in [1.82, 2.24) is 4.98 Å². The molecule has 0 radical (unpaired) electrons. The van der Waals surface area contributed by atoms with Crippen LogP contribution in [-0.2, 0) is 9.47 Å². The molecule has 0 unspecified atom stereocenters. The van der Waals surface area contributed by atoms with E-state index in [0.717, 1.165) is 0 Å². The first-order valence-electron chi connectivity index (χ1n) is 6.71. The molecule has 0 fully saturated rings. The van der Waals surface area contributed by atoms with Gasteiger partial charge in [-0.1, -0.05) is 12.1 Å². The molecule has 0 aliphatic carbocycles. The van der Waals surface area contributed by atoms with Crippen LogP contribution in [0.25, 0.3) is 11.3 Å². The quantitative estimate of drug-likeness (QED) is 0.515. The number of nitrogens with one attached hydrogen (secondary N) is 1. The number of nitro groups is 1. The molecule has 120 valence electrons. The fourth-order valence-electron chi connectivity index (χ4n) is 2.05. The van der Waals surface area contributed by atoms with Crippen LogP contribution in [0.15, 0.2) is 30.3 Å². The number of nitrogens with zero attached hydrogens (tertiary/aromatic N) is 1. The molecule has 1 heterocycles. The molecule has 0 bridgehead atoms. The average molecular weight is 318 g/mol. The van der Waals surface area contributed by atoms with Gasteiger partial charge in [-0.25, -0.2) is 9.59 Å². The zero-order valence-corrected chi connectivity index (χ0v) is 12.5. The van der Waals surface area contributed by atoms with Gasteiger partial charge in [0.2, 0.25) is 0 Å².